The molecule has 0 radical (unpaired) electrons. The zero-order valence-electron chi connectivity index (χ0n) is 13.9. The molecule has 2 rings (SSSR count). The van der Waals surface area contributed by atoms with Crippen LogP contribution in [0.1, 0.15) is 30.1 Å². The van der Waals surface area contributed by atoms with Crippen LogP contribution in [0.15, 0.2) is 18.2 Å². The van der Waals surface area contributed by atoms with Crippen LogP contribution in [-0.2, 0) is 14.3 Å². The van der Waals surface area contributed by atoms with E-state index in [0.717, 1.165) is 12.1 Å². The molecule has 136 valence electrons. The highest BCUT2D eigenvalue weighted by Crippen LogP contribution is 2.18. The molecule has 0 aromatic heterocycles. The molecule has 1 aliphatic heterocycles. The van der Waals surface area contributed by atoms with Crippen LogP contribution in [0.25, 0.3) is 0 Å². The second-order valence-electron chi connectivity index (χ2n) is 5.71. The number of carbonyl (C=O) groups excluding carboxylic acids is 3. The Labute approximate surface area is 144 Å². The monoisotopic (exact) mass is 354 g/mol. The molecule has 1 aromatic rings. The van der Waals surface area contributed by atoms with E-state index >= 15 is 0 Å². The van der Waals surface area contributed by atoms with Crippen molar-refractivity contribution in [2.45, 2.75) is 19.8 Å². The number of likely N-dealkylation sites (tertiary alicyclic amines) is 1. The van der Waals surface area contributed by atoms with E-state index in [9.17, 15) is 23.2 Å². The van der Waals surface area contributed by atoms with Gasteiger partial charge >= 0.3 is 5.97 Å². The number of benzene rings is 1. The van der Waals surface area contributed by atoms with E-state index in [0.29, 0.717) is 38.6 Å². The minimum atomic E-state index is -0.986. The maximum absolute atomic E-state index is 13.5. The predicted molar refractivity (Wildman–Crippen MR) is 84.6 cm³/mol. The van der Waals surface area contributed by atoms with Crippen LogP contribution in [0.4, 0.5) is 8.78 Å². The van der Waals surface area contributed by atoms with Gasteiger partial charge in [-0.15, -0.1) is 0 Å². The lowest BCUT2D eigenvalue weighted by Crippen LogP contribution is -2.45. The molecule has 0 bridgehead atoms. The number of amides is 2. The molecule has 6 nitrogen and oxygen atoms in total. The molecule has 0 spiro atoms. The third kappa shape index (κ3) is 4.98. The molecular weight excluding hydrogens is 334 g/mol. The Balaban J connectivity index is 1.81. The summed E-state index contributed by atoms with van der Waals surface area (Å²) in [6, 6.07) is 2.60. The van der Waals surface area contributed by atoms with Gasteiger partial charge in [0, 0.05) is 19.2 Å². The first-order valence-corrected chi connectivity index (χ1v) is 8.10. The van der Waals surface area contributed by atoms with Crippen molar-refractivity contribution < 1.29 is 27.9 Å². The largest absolute Gasteiger partial charge is 0.466 e. The Kier molecular flexibility index (Phi) is 6.44. The first kappa shape index (κ1) is 18.8. The number of nitrogens with one attached hydrogen (secondary N) is 1. The van der Waals surface area contributed by atoms with Crippen LogP contribution in [-0.4, -0.2) is 48.9 Å². The maximum Gasteiger partial charge on any atom is 0.309 e. The normalized spacial score (nSPS) is 14.9. The fourth-order valence-corrected chi connectivity index (χ4v) is 2.66. The van der Waals surface area contributed by atoms with Crippen molar-refractivity contribution in [2.24, 2.45) is 5.92 Å². The average molecular weight is 354 g/mol. The highest BCUT2D eigenvalue weighted by Gasteiger charge is 2.28. The Morgan fingerprint density at radius 3 is 2.52 bits per heavy atom. The first-order chi connectivity index (χ1) is 11.9. The molecule has 1 aliphatic rings. The smallest absolute Gasteiger partial charge is 0.309 e. The number of halogens is 2. The zero-order valence-corrected chi connectivity index (χ0v) is 13.9. The van der Waals surface area contributed by atoms with Crippen LogP contribution < -0.4 is 5.32 Å². The number of hydrogen-bond acceptors (Lipinski definition) is 4. The highest BCUT2D eigenvalue weighted by atomic mass is 19.1. The van der Waals surface area contributed by atoms with Gasteiger partial charge in [-0.2, -0.15) is 0 Å². The predicted octanol–water partition coefficient (Wildman–Crippen LogP) is 1.50. The number of carbonyl (C=O) groups is 3. The van der Waals surface area contributed by atoms with Gasteiger partial charge in [0.2, 0.25) is 5.91 Å². The number of piperidine rings is 1. The summed E-state index contributed by atoms with van der Waals surface area (Å²) in [5, 5.41) is 2.33. The van der Waals surface area contributed by atoms with Gasteiger partial charge in [-0.25, -0.2) is 8.78 Å². The minimum Gasteiger partial charge on any atom is -0.466 e. The van der Waals surface area contributed by atoms with E-state index in [2.05, 4.69) is 5.32 Å². The number of ether oxygens (including phenoxy) is 1. The molecule has 1 aromatic carbocycles. The molecule has 2 amide bonds. The van der Waals surface area contributed by atoms with Crippen LogP contribution in [0.3, 0.4) is 0 Å². The van der Waals surface area contributed by atoms with E-state index in [1.807, 2.05) is 0 Å². The second-order valence-corrected chi connectivity index (χ2v) is 5.71. The van der Waals surface area contributed by atoms with Gasteiger partial charge in [0.1, 0.15) is 11.6 Å². The average Bonchev–Trinajstić information content (AvgIpc) is 2.59. The van der Waals surface area contributed by atoms with Gasteiger partial charge in [-0.05, 0) is 31.9 Å². The van der Waals surface area contributed by atoms with Crippen molar-refractivity contribution in [2.75, 3.05) is 26.2 Å². The molecule has 0 unspecified atom stereocenters. The van der Waals surface area contributed by atoms with Crippen molar-refractivity contribution in [1.82, 2.24) is 10.2 Å². The minimum absolute atomic E-state index is 0.216. The lowest BCUT2D eigenvalue weighted by atomic mass is 9.97. The molecule has 8 heteroatoms. The van der Waals surface area contributed by atoms with Gasteiger partial charge in [0.05, 0.1) is 24.6 Å². The van der Waals surface area contributed by atoms with Crippen molar-refractivity contribution in [3.05, 3.63) is 35.4 Å². The number of hydrogen-bond donors (Lipinski definition) is 1. The van der Waals surface area contributed by atoms with Crippen LogP contribution >= 0.6 is 0 Å². The number of nitrogens with zero attached hydrogens (tertiary/aromatic N) is 1. The third-order valence-corrected chi connectivity index (χ3v) is 4.04. The molecule has 25 heavy (non-hydrogen) atoms. The molecule has 0 aliphatic carbocycles. The Bertz CT molecular complexity index is 658. The fraction of sp³-hybridized carbons (Fsp3) is 0.471. The summed E-state index contributed by atoms with van der Waals surface area (Å²) >= 11 is 0. The maximum atomic E-state index is 13.5. The van der Waals surface area contributed by atoms with Crippen molar-refractivity contribution >= 4 is 17.8 Å². The SMILES string of the molecule is CCOC(=O)C1CCN(C(=O)CNC(=O)c2ccc(F)cc2F)CC1. The summed E-state index contributed by atoms with van der Waals surface area (Å²) in [6.45, 7) is 2.55. The lowest BCUT2D eigenvalue weighted by molar-refractivity contribution is -0.151. The van der Waals surface area contributed by atoms with Gasteiger partial charge < -0.3 is 15.0 Å². The first-order valence-electron chi connectivity index (χ1n) is 8.10. The molecule has 0 atom stereocenters. The van der Waals surface area contributed by atoms with Crippen LogP contribution in [0.2, 0.25) is 0 Å². The van der Waals surface area contributed by atoms with Gasteiger partial charge in [0.15, 0.2) is 0 Å². The fourth-order valence-electron chi connectivity index (χ4n) is 2.66. The Morgan fingerprint density at radius 2 is 1.92 bits per heavy atom. The standard InChI is InChI=1S/C17H20F2N2O4/c1-2-25-17(24)11-5-7-21(8-6-11)15(22)10-20-16(23)13-4-3-12(18)9-14(13)19/h3-4,9,11H,2,5-8,10H2,1H3,(H,20,23). The van der Waals surface area contributed by atoms with E-state index in [1.165, 1.54) is 4.90 Å². The molecule has 1 fully saturated rings. The third-order valence-electron chi connectivity index (χ3n) is 4.04. The summed E-state index contributed by atoms with van der Waals surface area (Å²) in [4.78, 5) is 37.2. The van der Waals surface area contributed by atoms with Gasteiger partial charge in [-0.1, -0.05) is 0 Å². The topological polar surface area (TPSA) is 75.7 Å². The molecule has 0 saturated carbocycles. The Morgan fingerprint density at radius 1 is 1.24 bits per heavy atom. The summed E-state index contributed by atoms with van der Waals surface area (Å²) in [5.41, 5.74) is -0.324. The van der Waals surface area contributed by atoms with E-state index in [1.54, 1.807) is 6.92 Å². The highest BCUT2D eigenvalue weighted by molar-refractivity contribution is 5.96. The van der Waals surface area contributed by atoms with Crippen molar-refractivity contribution in [3.63, 3.8) is 0 Å². The van der Waals surface area contributed by atoms with Crippen LogP contribution in [0, 0.1) is 17.6 Å². The van der Waals surface area contributed by atoms with E-state index in [4.69, 9.17) is 4.74 Å². The number of esters is 1. The molecule has 1 saturated heterocycles. The summed E-state index contributed by atoms with van der Waals surface area (Å²) < 4.78 is 31.3. The summed E-state index contributed by atoms with van der Waals surface area (Å²) in [7, 11) is 0. The number of rotatable bonds is 5. The molecule has 1 heterocycles. The van der Waals surface area contributed by atoms with Gasteiger partial charge in [-0.3, -0.25) is 14.4 Å². The molecule has 1 N–H and O–H groups in total. The van der Waals surface area contributed by atoms with E-state index < -0.39 is 17.5 Å². The van der Waals surface area contributed by atoms with Crippen molar-refractivity contribution in [3.8, 4) is 0 Å². The van der Waals surface area contributed by atoms with Gasteiger partial charge in [0.25, 0.3) is 5.91 Å². The van der Waals surface area contributed by atoms with Crippen molar-refractivity contribution in [1.29, 1.82) is 0 Å². The second kappa shape index (κ2) is 8.55. The zero-order chi connectivity index (χ0) is 18.4. The summed E-state index contributed by atoms with van der Waals surface area (Å²) in [6.07, 6.45) is 1.01. The lowest BCUT2D eigenvalue weighted by Gasteiger charge is -2.30. The Hall–Kier alpha value is -2.51. The quantitative estimate of drug-likeness (QED) is 0.813. The van der Waals surface area contributed by atoms with E-state index in [-0.39, 0.29) is 29.9 Å². The molecular formula is C17H20F2N2O4. The summed E-state index contributed by atoms with van der Waals surface area (Å²) in [5.74, 6) is -3.35. The van der Waals surface area contributed by atoms with Crippen LogP contribution in [0.5, 0.6) is 0 Å².